The molecule has 1 aromatic rings. The van der Waals surface area contributed by atoms with E-state index in [2.05, 4.69) is 5.32 Å². The first-order valence-electron chi connectivity index (χ1n) is 5.63. The molecule has 2 rings (SSSR count). The van der Waals surface area contributed by atoms with Gasteiger partial charge in [0.25, 0.3) is 5.91 Å². The molecule has 1 amide bonds. The molecule has 5 nitrogen and oxygen atoms in total. The van der Waals surface area contributed by atoms with Crippen molar-refractivity contribution in [1.29, 1.82) is 0 Å². The fraction of sp³-hybridized carbons (Fsp3) is 0.417. The van der Waals surface area contributed by atoms with Crippen LogP contribution in [0.25, 0.3) is 0 Å². The Labute approximate surface area is 99.7 Å². The molecular weight excluding hydrogens is 220 g/mol. The number of nitrogens with one attached hydrogen (secondary N) is 1. The summed E-state index contributed by atoms with van der Waals surface area (Å²) in [7, 11) is 0. The van der Waals surface area contributed by atoms with Gasteiger partial charge in [0.2, 0.25) is 0 Å². The number of hydrogen-bond donors (Lipinski definition) is 3. The van der Waals surface area contributed by atoms with E-state index in [0.29, 0.717) is 18.7 Å². The van der Waals surface area contributed by atoms with Crippen LogP contribution in [0.5, 0.6) is 11.5 Å². The standard InChI is InChI=1S/C12H16N2O3/c1-8-10(15)3-2-9(11(8)16)12(17)14-6-4-13-5-7-14/h2-3,13,15-16H,4-7H2,1H3. The third kappa shape index (κ3) is 2.19. The molecule has 0 aromatic heterocycles. The first-order chi connectivity index (χ1) is 8.11. The van der Waals surface area contributed by atoms with Crippen molar-refractivity contribution in [2.24, 2.45) is 0 Å². The number of phenols is 2. The zero-order valence-corrected chi connectivity index (χ0v) is 9.73. The van der Waals surface area contributed by atoms with E-state index in [-0.39, 0.29) is 23.0 Å². The number of nitrogens with zero attached hydrogens (tertiary/aromatic N) is 1. The number of aromatic hydroxyl groups is 2. The van der Waals surface area contributed by atoms with Crippen molar-refractivity contribution in [2.75, 3.05) is 26.2 Å². The molecule has 1 fully saturated rings. The van der Waals surface area contributed by atoms with Crippen LogP contribution < -0.4 is 5.32 Å². The summed E-state index contributed by atoms with van der Waals surface area (Å²) in [5, 5.41) is 22.4. The van der Waals surface area contributed by atoms with Gasteiger partial charge < -0.3 is 20.4 Å². The fourth-order valence-electron chi connectivity index (χ4n) is 1.90. The Kier molecular flexibility index (Phi) is 3.19. The van der Waals surface area contributed by atoms with Gasteiger partial charge in [-0.3, -0.25) is 4.79 Å². The smallest absolute Gasteiger partial charge is 0.257 e. The molecule has 0 radical (unpaired) electrons. The molecule has 5 heteroatoms. The third-order valence-electron chi connectivity index (χ3n) is 3.04. The largest absolute Gasteiger partial charge is 0.508 e. The number of piperazine rings is 1. The van der Waals surface area contributed by atoms with Gasteiger partial charge in [0.05, 0.1) is 5.56 Å². The van der Waals surface area contributed by atoms with Crippen LogP contribution in [0, 0.1) is 6.92 Å². The highest BCUT2D eigenvalue weighted by atomic mass is 16.3. The number of carbonyl (C=O) groups excluding carboxylic acids is 1. The maximum Gasteiger partial charge on any atom is 0.257 e. The summed E-state index contributed by atoms with van der Waals surface area (Å²) in [6.07, 6.45) is 0. The van der Waals surface area contributed by atoms with Gasteiger partial charge in [0, 0.05) is 31.7 Å². The predicted molar refractivity (Wildman–Crippen MR) is 63.3 cm³/mol. The second-order valence-corrected chi connectivity index (χ2v) is 4.15. The SMILES string of the molecule is Cc1c(O)ccc(C(=O)N2CCNCC2)c1O. The quantitative estimate of drug-likeness (QED) is 0.662. The average Bonchev–Trinajstić information content (AvgIpc) is 2.36. The number of rotatable bonds is 1. The van der Waals surface area contributed by atoms with Crippen LogP contribution in [0.15, 0.2) is 12.1 Å². The second-order valence-electron chi connectivity index (χ2n) is 4.15. The van der Waals surface area contributed by atoms with Crippen LogP contribution in [0.3, 0.4) is 0 Å². The summed E-state index contributed by atoms with van der Waals surface area (Å²) in [6.45, 7) is 4.39. The van der Waals surface area contributed by atoms with Crippen LogP contribution in [-0.2, 0) is 0 Å². The summed E-state index contributed by atoms with van der Waals surface area (Å²) >= 11 is 0. The molecule has 0 atom stereocenters. The van der Waals surface area contributed by atoms with Crippen molar-refractivity contribution in [1.82, 2.24) is 10.2 Å². The van der Waals surface area contributed by atoms with E-state index in [4.69, 9.17) is 0 Å². The molecule has 92 valence electrons. The number of hydrogen-bond acceptors (Lipinski definition) is 4. The minimum Gasteiger partial charge on any atom is -0.508 e. The van der Waals surface area contributed by atoms with E-state index in [9.17, 15) is 15.0 Å². The van der Waals surface area contributed by atoms with Crippen molar-refractivity contribution in [2.45, 2.75) is 6.92 Å². The molecular formula is C12H16N2O3. The van der Waals surface area contributed by atoms with Crippen molar-refractivity contribution >= 4 is 5.91 Å². The highest BCUT2D eigenvalue weighted by Gasteiger charge is 2.22. The number of benzene rings is 1. The first-order valence-corrected chi connectivity index (χ1v) is 5.63. The fourth-order valence-corrected chi connectivity index (χ4v) is 1.90. The van der Waals surface area contributed by atoms with Gasteiger partial charge in [0.15, 0.2) is 0 Å². The Bertz CT molecular complexity index is 440. The molecule has 1 heterocycles. The van der Waals surface area contributed by atoms with Crippen LogP contribution >= 0.6 is 0 Å². The van der Waals surface area contributed by atoms with Crippen molar-refractivity contribution < 1.29 is 15.0 Å². The average molecular weight is 236 g/mol. The third-order valence-corrected chi connectivity index (χ3v) is 3.04. The van der Waals surface area contributed by atoms with E-state index in [1.807, 2.05) is 0 Å². The Morgan fingerprint density at radius 3 is 2.59 bits per heavy atom. The summed E-state index contributed by atoms with van der Waals surface area (Å²) in [4.78, 5) is 13.8. The lowest BCUT2D eigenvalue weighted by Crippen LogP contribution is -2.46. The molecule has 1 aliphatic heterocycles. The van der Waals surface area contributed by atoms with Crippen molar-refractivity contribution in [3.8, 4) is 11.5 Å². The molecule has 0 aliphatic carbocycles. The van der Waals surface area contributed by atoms with Gasteiger partial charge in [-0.15, -0.1) is 0 Å². The lowest BCUT2D eigenvalue weighted by molar-refractivity contribution is 0.0732. The minimum atomic E-state index is -0.188. The summed E-state index contributed by atoms with van der Waals surface area (Å²) < 4.78 is 0. The normalized spacial score (nSPS) is 15.9. The molecule has 0 spiro atoms. The molecule has 0 unspecified atom stereocenters. The second kappa shape index (κ2) is 4.63. The first kappa shape index (κ1) is 11.7. The van der Waals surface area contributed by atoms with E-state index >= 15 is 0 Å². The van der Waals surface area contributed by atoms with Crippen LogP contribution in [0.4, 0.5) is 0 Å². The molecule has 1 saturated heterocycles. The minimum absolute atomic E-state index is 0.000592. The Morgan fingerprint density at radius 2 is 1.94 bits per heavy atom. The zero-order chi connectivity index (χ0) is 12.4. The van der Waals surface area contributed by atoms with Crippen molar-refractivity contribution in [3.63, 3.8) is 0 Å². The van der Waals surface area contributed by atoms with E-state index < -0.39 is 0 Å². The molecule has 1 aliphatic rings. The Morgan fingerprint density at radius 1 is 1.29 bits per heavy atom. The lowest BCUT2D eigenvalue weighted by atomic mass is 10.1. The lowest BCUT2D eigenvalue weighted by Gasteiger charge is -2.27. The molecule has 3 N–H and O–H groups in total. The highest BCUT2D eigenvalue weighted by molar-refractivity contribution is 5.97. The van der Waals surface area contributed by atoms with Crippen LogP contribution in [0.2, 0.25) is 0 Å². The summed E-state index contributed by atoms with van der Waals surface area (Å²) in [6, 6.07) is 2.90. The van der Waals surface area contributed by atoms with Gasteiger partial charge in [-0.2, -0.15) is 0 Å². The topological polar surface area (TPSA) is 72.8 Å². The monoisotopic (exact) mass is 236 g/mol. The number of amides is 1. The van der Waals surface area contributed by atoms with Gasteiger partial charge in [-0.1, -0.05) is 0 Å². The van der Waals surface area contributed by atoms with Crippen LogP contribution in [-0.4, -0.2) is 47.2 Å². The Balaban J connectivity index is 2.27. The Hall–Kier alpha value is -1.75. The number of phenolic OH excluding ortho intramolecular Hbond substituents is 2. The van der Waals surface area contributed by atoms with Gasteiger partial charge in [-0.05, 0) is 19.1 Å². The molecule has 0 bridgehead atoms. The zero-order valence-electron chi connectivity index (χ0n) is 9.73. The predicted octanol–water partition coefficient (Wildman–Crippen LogP) is 0.452. The maximum atomic E-state index is 12.1. The molecule has 1 aromatic carbocycles. The number of carbonyl (C=O) groups is 1. The van der Waals surface area contributed by atoms with Gasteiger partial charge in [0.1, 0.15) is 11.5 Å². The van der Waals surface area contributed by atoms with Gasteiger partial charge >= 0.3 is 0 Å². The van der Waals surface area contributed by atoms with E-state index in [0.717, 1.165) is 13.1 Å². The molecule has 17 heavy (non-hydrogen) atoms. The summed E-state index contributed by atoms with van der Waals surface area (Å²) in [5.41, 5.74) is 0.591. The van der Waals surface area contributed by atoms with E-state index in [1.165, 1.54) is 12.1 Å². The van der Waals surface area contributed by atoms with Crippen molar-refractivity contribution in [3.05, 3.63) is 23.3 Å². The van der Waals surface area contributed by atoms with Crippen LogP contribution in [0.1, 0.15) is 15.9 Å². The maximum absolute atomic E-state index is 12.1. The van der Waals surface area contributed by atoms with E-state index in [1.54, 1.807) is 11.8 Å². The van der Waals surface area contributed by atoms with Gasteiger partial charge in [-0.25, -0.2) is 0 Å². The highest BCUT2D eigenvalue weighted by Crippen LogP contribution is 2.30. The summed E-state index contributed by atoms with van der Waals surface area (Å²) in [5.74, 6) is -0.319. The molecule has 0 saturated carbocycles.